The van der Waals surface area contributed by atoms with Crippen molar-refractivity contribution in [1.29, 1.82) is 0 Å². The van der Waals surface area contributed by atoms with Gasteiger partial charge in [0.25, 0.3) is 0 Å². The first-order chi connectivity index (χ1) is 9.69. The van der Waals surface area contributed by atoms with E-state index in [2.05, 4.69) is 20.4 Å². The second kappa shape index (κ2) is 8.67. The molecule has 0 spiro atoms. The van der Waals surface area contributed by atoms with Gasteiger partial charge >= 0.3 is 0 Å². The summed E-state index contributed by atoms with van der Waals surface area (Å²) in [6, 6.07) is 5.29. The summed E-state index contributed by atoms with van der Waals surface area (Å²) in [5.41, 5.74) is 6.53. The van der Waals surface area contributed by atoms with Gasteiger partial charge < -0.3 is 15.8 Å². The van der Waals surface area contributed by atoms with Crippen molar-refractivity contribution in [1.82, 2.24) is 14.8 Å². The van der Waals surface area contributed by atoms with E-state index in [1.807, 2.05) is 6.07 Å². The first-order valence-corrected chi connectivity index (χ1v) is 6.29. The average Bonchev–Trinajstić information content (AvgIpc) is 2.92. The monoisotopic (exact) mass is 422 g/mol. The predicted octanol–water partition coefficient (Wildman–Crippen LogP) is 1.98. The van der Waals surface area contributed by atoms with E-state index in [1.165, 1.54) is 6.33 Å². The molecule has 0 saturated heterocycles. The van der Waals surface area contributed by atoms with Crippen molar-refractivity contribution < 1.29 is 4.74 Å². The highest BCUT2D eigenvalue weighted by Gasteiger charge is 2.02. The fourth-order valence-corrected chi connectivity index (χ4v) is 1.81. The molecule has 21 heavy (non-hydrogen) atoms. The fourth-order valence-electron chi connectivity index (χ4n) is 1.55. The van der Waals surface area contributed by atoms with Gasteiger partial charge in [0.1, 0.15) is 18.4 Å². The molecule has 0 aliphatic carbocycles. The number of halogens is 2. The predicted molar refractivity (Wildman–Crippen MR) is 93.6 cm³/mol. The van der Waals surface area contributed by atoms with Crippen molar-refractivity contribution in [2.24, 2.45) is 10.7 Å². The van der Waals surface area contributed by atoms with Crippen LogP contribution in [0.15, 0.2) is 35.8 Å². The Bertz CT molecular complexity index is 589. The van der Waals surface area contributed by atoms with Crippen LogP contribution in [0, 0.1) is 0 Å². The van der Waals surface area contributed by atoms with Crippen molar-refractivity contribution in [3.05, 3.63) is 35.9 Å². The molecule has 0 aliphatic heterocycles. The lowest BCUT2D eigenvalue weighted by atomic mass is 10.3. The van der Waals surface area contributed by atoms with E-state index in [0.29, 0.717) is 29.8 Å². The summed E-state index contributed by atoms with van der Waals surface area (Å²) in [6.07, 6.45) is 3.10. The van der Waals surface area contributed by atoms with Crippen LogP contribution in [0.5, 0.6) is 5.75 Å². The molecule has 1 aromatic carbocycles. The number of aromatic nitrogens is 3. The quantitative estimate of drug-likeness (QED) is 0.437. The number of nitrogens with zero attached hydrogens (tertiary/aromatic N) is 4. The molecule has 0 bridgehead atoms. The van der Waals surface area contributed by atoms with Crippen molar-refractivity contribution >= 4 is 47.2 Å². The van der Waals surface area contributed by atoms with Crippen molar-refractivity contribution in [3.8, 4) is 5.75 Å². The third kappa shape index (κ3) is 5.38. The number of ether oxygens (including phenoxy) is 1. The van der Waals surface area contributed by atoms with E-state index in [4.69, 9.17) is 22.1 Å². The van der Waals surface area contributed by atoms with Crippen LogP contribution in [-0.4, -0.2) is 34.4 Å². The number of aliphatic imine (C=N–C) groups is 1. The Labute approximate surface area is 144 Å². The molecule has 2 rings (SSSR count). The standard InChI is InChI=1S/C12H15ClN6O.HI/c1-20-11-3-2-9(6-10(11)13)18-12(14)16-4-5-19-8-15-7-17-19;/h2-3,6-8H,4-5H2,1H3,(H3,14,16,18);1H. The van der Waals surface area contributed by atoms with Gasteiger partial charge in [0.2, 0.25) is 0 Å². The first kappa shape index (κ1) is 17.5. The number of rotatable bonds is 5. The maximum Gasteiger partial charge on any atom is 0.193 e. The molecule has 0 aliphatic rings. The molecular formula is C12H16ClIN6O. The number of nitrogens with one attached hydrogen (secondary N) is 1. The first-order valence-electron chi connectivity index (χ1n) is 5.92. The fraction of sp³-hybridized carbons (Fsp3) is 0.250. The zero-order valence-electron chi connectivity index (χ0n) is 11.4. The van der Waals surface area contributed by atoms with Gasteiger partial charge in [0.15, 0.2) is 5.96 Å². The molecule has 0 radical (unpaired) electrons. The number of hydrogen-bond acceptors (Lipinski definition) is 4. The lowest BCUT2D eigenvalue weighted by Gasteiger charge is -2.08. The molecule has 1 heterocycles. The van der Waals surface area contributed by atoms with Crippen LogP contribution in [-0.2, 0) is 6.54 Å². The van der Waals surface area contributed by atoms with Gasteiger partial charge in [-0.3, -0.25) is 9.67 Å². The Morgan fingerprint density at radius 3 is 2.95 bits per heavy atom. The third-order valence-electron chi connectivity index (χ3n) is 2.50. The van der Waals surface area contributed by atoms with Crippen molar-refractivity contribution in [2.45, 2.75) is 6.54 Å². The van der Waals surface area contributed by atoms with Gasteiger partial charge in [-0.1, -0.05) is 11.6 Å². The molecule has 0 unspecified atom stereocenters. The van der Waals surface area contributed by atoms with E-state index < -0.39 is 0 Å². The summed E-state index contributed by atoms with van der Waals surface area (Å²) in [6.45, 7) is 1.12. The van der Waals surface area contributed by atoms with E-state index in [-0.39, 0.29) is 24.0 Å². The minimum absolute atomic E-state index is 0. The molecule has 7 nitrogen and oxygen atoms in total. The highest BCUT2D eigenvalue weighted by molar-refractivity contribution is 14.0. The SMILES string of the molecule is COc1ccc(NC(N)=NCCn2cncn2)cc1Cl.I. The second-order valence-electron chi connectivity index (χ2n) is 3.90. The minimum Gasteiger partial charge on any atom is -0.495 e. The van der Waals surface area contributed by atoms with E-state index in [9.17, 15) is 0 Å². The molecule has 0 amide bonds. The Hall–Kier alpha value is -1.55. The summed E-state index contributed by atoms with van der Waals surface area (Å²) in [5, 5.41) is 7.44. The zero-order chi connectivity index (χ0) is 14.4. The Balaban J connectivity index is 0.00000220. The summed E-state index contributed by atoms with van der Waals surface area (Å²) < 4.78 is 6.76. The third-order valence-corrected chi connectivity index (χ3v) is 2.80. The van der Waals surface area contributed by atoms with Crippen LogP contribution < -0.4 is 15.8 Å². The summed E-state index contributed by atoms with van der Waals surface area (Å²) in [5.74, 6) is 0.922. The number of guanidine groups is 1. The number of nitrogens with two attached hydrogens (primary N) is 1. The van der Waals surface area contributed by atoms with E-state index in [1.54, 1.807) is 30.3 Å². The van der Waals surface area contributed by atoms with Crippen molar-refractivity contribution in [2.75, 3.05) is 19.0 Å². The summed E-state index contributed by atoms with van der Waals surface area (Å²) in [7, 11) is 1.56. The molecule has 114 valence electrons. The van der Waals surface area contributed by atoms with Crippen LogP contribution >= 0.6 is 35.6 Å². The van der Waals surface area contributed by atoms with E-state index >= 15 is 0 Å². The molecule has 9 heteroatoms. The van der Waals surface area contributed by atoms with Gasteiger partial charge in [0.05, 0.1) is 25.2 Å². The molecule has 0 fully saturated rings. The van der Waals surface area contributed by atoms with Crippen molar-refractivity contribution in [3.63, 3.8) is 0 Å². The normalized spacial score (nSPS) is 10.9. The highest BCUT2D eigenvalue weighted by atomic mass is 127. The number of anilines is 1. The molecule has 1 aromatic heterocycles. The Morgan fingerprint density at radius 1 is 1.52 bits per heavy atom. The lowest BCUT2D eigenvalue weighted by Crippen LogP contribution is -2.23. The Morgan fingerprint density at radius 2 is 2.33 bits per heavy atom. The molecular weight excluding hydrogens is 407 g/mol. The Kier molecular flexibility index (Phi) is 7.23. The number of methoxy groups -OCH3 is 1. The molecule has 2 aromatic rings. The van der Waals surface area contributed by atoms with E-state index in [0.717, 1.165) is 5.69 Å². The minimum atomic E-state index is 0. The van der Waals surface area contributed by atoms with Crippen LogP contribution in [0.1, 0.15) is 0 Å². The van der Waals surface area contributed by atoms with Crippen LogP contribution in [0.3, 0.4) is 0 Å². The van der Waals surface area contributed by atoms with Crippen LogP contribution in [0.25, 0.3) is 0 Å². The number of hydrogen-bond donors (Lipinski definition) is 2. The maximum absolute atomic E-state index is 6.02. The highest BCUT2D eigenvalue weighted by Crippen LogP contribution is 2.26. The smallest absolute Gasteiger partial charge is 0.193 e. The van der Waals surface area contributed by atoms with Gasteiger partial charge in [0, 0.05) is 5.69 Å². The summed E-state index contributed by atoms with van der Waals surface area (Å²) >= 11 is 6.02. The second-order valence-corrected chi connectivity index (χ2v) is 4.31. The average molecular weight is 423 g/mol. The lowest BCUT2D eigenvalue weighted by molar-refractivity contribution is 0.415. The van der Waals surface area contributed by atoms with Crippen LogP contribution in [0.4, 0.5) is 5.69 Å². The molecule has 3 N–H and O–H groups in total. The van der Waals surface area contributed by atoms with Crippen LogP contribution in [0.2, 0.25) is 5.02 Å². The largest absolute Gasteiger partial charge is 0.495 e. The van der Waals surface area contributed by atoms with Gasteiger partial charge in [-0.05, 0) is 18.2 Å². The number of benzene rings is 1. The van der Waals surface area contributed by atoms with Gasteiger partial charge in [-0.25, -0.2) is 4.98 Å². The maximum atomic E-state index is 6.02. The molecule has 0 atom stereocenters. The zero-order valence-corrected chi connectivity index (χ0v) is 14.4. The van der Waals surface area contributed by atoms with Gasteiger partial charge in [-0.2, -0.15) is 5.10 Å². The van der Waals surface area contributed by atoms with Gasteiger partial charge in [-0.15, -0.1) is 24.0 Å². The topological polar surface area (TPSA) is 90.3 Å². The molecule has 0 saturated carbocycles. The summed E-state index contributed by atoms with van der Waals surface area (Å²) in [4.78, 5) is 8.03.